The first-order valence-electron chi connectivity index (χ1n) is 11.1. The summed E-state index contributed by atoms with van der Waals surface area (Å²) in [6.07, 6.45) is 13.9. The van der Waals surface area contributed by atoms with E-state index in [4.69, 9.17) is 19.3 Å². The number of ether oxygens (including phenoxy) is 3. The molecule has 1 N–H and O–H groups in total. The predicted molar refractivity (Wildman–Crippen MR) is 118 cm³/mol. The van der Waals surface area contributed by atoms with Gasteiger partial charge in [0.25, 0.3) is 0 Å². The van der Waals surface area contributed by atoms with Gasteiger partial charge in [-0.3, -0.25) is 4.79 Å². The van der Waals surface area contributed by atoms with Gasteiger partial charge in [0.1, 0.15) is 0 Å². The number of carbonyl (C=O) groups excluding carboxylic acids is 1. The second-order valence-electron chi connectivity index (χ2n) is 7.32. The molecule has 0 radical (unpaired) electrons. The molecule has 0 spiro atoms. The Labute approximate surface area is 182 Å². The molecule has 30 heavy (non-hydrogen) atoms. The van der Waals surface area contributed by atoms with Crippen molar-refractivity contribution < 1.29 is 28.9 Å². The Kier molecular flexibility index (Phi) is 15.3. The van der Waals surface area contributed by atoms with Crippen LogP contribution in [0, 0.1) is 0 Å². The minimum absolute atomic E-state index is 0.0475. The molecule has 0 aromatic rings. The fourth-order valence-corrected chi connectivity index (χ4v) is 2.51. The van der Waals surface area contributed by atoms with E-state index in [1.165, 1.54) is 12.2 Å². The molecule has 0 aliphatic heterocycles. The maximum Gasteiger partial charge on any atom is 0.415 e. The molecular formula is C24H40O6. The first-order chi connectivity index (χ1) is 14.3. The van der Waals surface area contributed by atoms with Crippen LogP contribution in [0.4, 0.5) is 0 Å². The molecule has 0 fully saturated rings. The molecule has 0 aliphatic carbocycles. The molecule has 6 nitrogen and oxygen atoms in total. The van der Waals surface area contributed by atoms with E-state index in [1.54, 1.807) is 19.4 Å². The first-order valence-corrected chi connectivity index (χ1v) is 11.1. The summed E-state index contributed by atoms with van der Waals surface area (Å²) in [5.41, 5.74) is 2.23. The Hall–Kier alpha value is -2.24. The number of esters is 1. The zero-order chi connectivity index (χ0) is 22.8. The number of aliphatic carboxylic acids is 1. The van der Waals surface area contributed by atoms with Crippen molar-refractivity contribution in [2.24, 2.45) is 0 Å². The highest BCUT2D eigenvalue weighted by atomic mass is 16.9. The van der Waals surface area contributed by atoms with Crippen LogP contribution in [0.1, 0.15) is 98.8 Å². The van der Waals surface area contributed by atoms with E-state index in [9.17, 15) is 9.59 Å². The molecule has 0 aromatic carbocycles. The van der Waals surface area contributed by atoms with E-state index >= 15 is 0 Å². The summed E-state index contributed by atoms with van der Waals surface area (Å²) < 4.78 is 17.0. The summed E-state index contributed by atoms with van der Waals surface area (Å²) in [7, 11) is 0. The molecule has 0 bridgehead atoms. The van der Waals surface area contributed by atoms with Gasteiger partial charge in [-0.1, -0.05) is 46.6 Å². The van der Waals surface area contributed by atoms with Crippen molar-refractivity contribution in [2.75, 3.05) is 0 Å². The maximum absolute atomic E-state index is 12.2. The highest BCUT2D eigenvalue weighted by Crippen LogP contribution is 2.22. The van der Waals surface area contributed by atoms with Crippen LogP contribution in [0.3, 0.4) is 0 Å². The van der Waals surface area contributed by atoms with Gasteiger partial charge in [-0.25, -0.2) is 4.79 Å². The average Bonchev–Trinajstić information content (AvgIpc) is 2.71. The summed E-state index contributed by atoms with van der Waals surface area (Å²) in [4.78, 5) is 22.8. The number of allylic oxidation sites excluding steroid dienone is 3. The lowest BCUT2D eigenvalue weighted by Gasteiger charge is -2.27. The maximum atomic E-state index is 12.2. The zero-order valence-electron chi connectivity index (χ0n) is 19.4. The fraction of sp³-hybridized carbons (Fsp3) is 0.667. The first kappa shape index (κ1) is 27.8. The van der Waals surface area contributed by atoms with Crippen LogP contribution >= 0.6 is 0 Å². The molecule has 0 unspecified atom stereocenters. The van der Waals surface area contributed by atoms with Crippen LogP contribution in [0.5, 0.6) is 0 Å². The molecule has 0 rings (SSSR count). The summed E-state index contributed by atoms with van der Waals surface area (Å²) >= 11 is 0. The van der Waals surface area contributed by atoms with Crippen molar-refractivity contribution >= 4 is 11.9 Å². The Morgan fingerprint density at radius 1 is 0.867 bits per heavy atom. The van der Waals surface area contributed by atoms with Crippen molar-refractivity contribution in [3.05, 3.63) is 35.8 Å². The molecule has 0 aliphatic rings. The Balaban J connectivity index is 5.30. The van der Waals surface area contributed by atoms with Crippen LogP contribution in [-0.4, -0.2) is 23.0 Å². The summed E-state index contributed by atoms with van der Waals surface area (Å²) in [6.45, 7) is 9.93. The van der Waals surface area contributed by atoms with Gasteiger partial charge < -0.3 is 19.3 Å². The summed E-state index contributed by atoms with van der Waals surface area (Å²) in [6, 6.07) is 0. The van der Waals surface area contributed by atoms with E-state index in [0.717, 1.165) is 62.5 Å². The van der Waals surface area contributed by atoms with Crippen molar-refractivity contribution in [2.45, 2.75) is 105 Å². The van der Waals surface area contributed by atoms with E-state index in [1.807, 2.05) is 0 Å². The lowest BCUT2D eigenvalue weighted by atomic mass is 10.1. The van der Waals surface area contributed by atoms with Crippen LogP contribution in [0.15, 0.2) is 35.8 Å². The van der Waals surface area contributed by atoms with Gasteiger partial charge >= 0.3 is 17.9 Å². The average molecular weight is 425 g/mol. The van der Waals surface area contributed by atoms with Gasteiger partial charge in [-0.2, -0.15) is 0 Å². The van der Waals surface area contributed by atoms with Crippen LogP contribution in [0.25, 0.3) is 0 Å². The monoisotopic (exact) mass is 424 g/mol. The Bertz CT molecular complexity index is 561. The summed E-state index contributed by atoms with van der Waals surface area (Å²) in [5.74, 6) is -3.17. The van der Waals surface area contributed by atoms with Crippen molar-refractivity contribution in [3.63, 3.8) is 0 Å². The SMILES string of the molecule is CCCCC(=COC(C)(OC=C(CC)CCCC)OC(=O)C=CCCC(=O)O)CC. The Morgan fingerprint density at radius 3 is 1.77 bits per heavy atom. The van der Waals surface area contributed by atoms with Crippen molar-refractivity contribution in [1.82, 2.24) is 0 Å². The molecule has 0 saturated heterocycles. The molecule has 6 heteroatoms. The molecule has 0 atom stereocenters. The normalized spacial score (nSPS) is 14.4. The molecule has 0 amide bonds. The Morgan fingerprint density at radius 2 is 1.37 bits per heavy atom. The van der Waals surface area contributed by atoms with E-state index in [2.05, 4.69) is 27.7 Å². The van der Waals surface area contributed by atoms with E-state index in [0.29, 0.717) is 0 Å². The van der Waals surface area contributed by atoms with Crippen LogP contribution < -0.4 is 0 Å². The lowest BCUT2D eigenvalue weighted by molar-refractivity contribution is -0.309. The fourth-order valence-electron chi connectivity index (χ4n) is 2.51. The van der Waals surface area contributed by atoms with Gasteiger partial charge in [-0.15, -0.1) is 0 Å². The van der Waals surface area contributed by atoms with Gasteiger partial charge in [0, 0.05) is 12.5 Å². The second kappa shape index (κ2) is 16.5. The van der Waals surface area contributed by atoms with Crippen molar-refractivity contribution in [3.8, 4) is 0 Å². The van der Waals surface area contributed by atoms with Crippen LogP contribution in [0.2, 0.25) is 0 Å². The zero-order valence-corrected chi connectivity index (χ0v) is 19.4. The minimum Gasteiger partial charge on any atom is -0.481 e. The third-order valence-electron chi connectivity index (χ3n) is 4.56. The van der Waals surface area contributed by atoms with Crippen molar-refractivity contribution in [1.29, 1.82) is 0 Å². The van der Waals surface area contributed by atoms with Gasteiger partial charge in [-0.05, 0) is 56.1 Å². The van der Waals surface area contributed by atoms with E-state index in [-0.39, 0.29) is 12.8 Å². The predicted octanol–water partition coefficient (Wildman–Crippen LogP) is 6.63. The highest BCUT2D eigenvalue weighted by Gasteiger charge is 2.31. The molecule has 0 heterocycles. The molecular weight excluding hydrogens is 384 g/mol. The second-order valence-corrected chi connectivity index (χ2v) is 7.32. The smallest absolute Gasteiger partial charge is 0.415 e. The highest BCUT2D eigenvalue weighted by molar-refractivity contribution is 5.82. The van der Waals surface area contributed by atoms with Gasteiger partial charge in [0.15, 0.2) is 0 Å². The number of carboxylic acids is 1. The topological polar surface area (TPSA) is 82.1 Å². The minimum atomic E-state index is -1.60. The largest absolute Gasteiger partial charge is 0.481 e. The molecule has 0 aromatic heterocycles. The number of rotatable bonds is 17. The number of unbranched alkanes of at least 4 members (excludes halogenated alkanes) is 2. The summed E-state index contributed by atoms with van der Waals surface area (Å²) in [5, 5.41) is 8.68. The van der Waals surface area contributed by atoms with Crippen LogP contribution in [-0.2, 0) is 23.8 Å². The van der Waals surface area contributed by atoms with Gasteiger partial charge in [0.05, 0.1) is 19.4 Å². The number of hydrogen-bond acceptors (Lipinski definition) is 5. The number of hydrogen-bond donors (Lipinski definition) is 1. The van der Waals surface area contributed by atoms with Gasteiger partial charge in [0.2, 0.25) is 0 Å². The number of carbonyl (C=O) groups is 2. The standard InChI is InChI=1S/C24H40O6/c1-6-10-14-20(8-3)18-28-24(5,29-19-21(9-4)15-11-7-2)30-23(27)17-13-12-16-22(25)26/h13,17-19H,6-12,14-16H2,1-5H3,(H,25,26). The lowest BCUT2D eigenvalue weighted by Crippen LogP contribution is -2.35. The number of carboxylic acid groups (broad SMARTS) is 1. The third-order valence-corrected chi connectivity index (χ3v) is 4.56. The molecule has 172 valence electrons. The van der Waals surface area contributed by atoms with E-state index < -0.39 is 17.9 Å². The third kappa shape index (κ3) is 13.9. The quantitative estimate of drug-likeness (QED) is 0.122. The molecule has 0 saturated carbocycles.